The molecule has 1 amide bonds. The number of rotatable bonds is 6. The van der Waals surface area contributed by atoms with Crippen LogP contribution < -0.4 is 5.32 Å². The van der Waals surface area contributed by atoms with Crippen molar-refractivity contribution >= 4 is 12.1 Å². The molecule has 2 aliphatic rings. The van der Waals surface area contributed by atoms with Crippen LogP contribution in [0.2, 0.25) is 0 Å². The number of carboxylic acids is 1. The highest BCUT2D eigenvalue weighted by Gasteiger charge is 2.42. The maximum Gasteiger partial charge on any atom is 0.407 e. The van der Waals surface area contributed by atoms with Crippen molar-refractivity contribution in [3.8, 4) is 11.1 Å². The molecule has 0 radical (unpaired) electrons. The number of nitrogens with zero attached hydrogens (tertiary/aromatic N) is 1. The van der Waals surface area contributed by atoms with Crippen molar-refractivity contribution in [3.63, 3.8) is 0 Å². The lowest BCUT2D eigenvalue weighted by Gasteiger charge is -2.28. The molecule has 8 heteroatoms. The van der Waals surface area contributed by atoms with Crippen LogP contribution in [0.3, 0.4) is 0 Å². The fourth-order valence-electron chi connectivity index (χ4n) is 4.64. The van der Waals surface area contributed by atoms with E-state index in [0.29, 0.717) is 0 Å². The number of carboxylic acid groups (broad SMARTS) is 1. The van der Waals surface area contributed by atoms with Crippen LogP contribution in [0.1, 0.15) is 44.2 Å². The van der Waals surface area contributed by atoms with Crippen molar-refractivity contribution in [2.24, 2.45) is 0 Å². The summed E-state index contributed by atoms with van der Waals surface area (Å²) in [5, 5.41) is 23.1. The number of hydrogen-bond donors (Lipinski definition) is 3. The third kappa shape index (κ3) is 5.03. The van der Waals surface area contributed by atoms with Crippen molar-refractivity contribution in [2.75, 3.05) is 13.2 Å². The quantitative estimate of drug-likeness (QED) is 0.576. The number of amides is 1. The number of carbonyl (C=O) groups is 2. The first kappa shape index (κ1) is 23.2. The molecule has 0 bridgehead atoms. The molecule has 0 saturated carbocycles. The topological polar surface area (TPSA) is 108 Å². The van der Waals surface area contributed by atoms with Gasteiger partial charge in [-0.2, -0.15) is 0 Å². The second-order valence-corrected chi connectivity index (χ2v) is 9.52. The predicted molar refractivity (Wildman–Crippen MR) is 122 cm³/mol. The summed E-state index contributed by atoms with van der Waals surface area (Å²) in [6.45, 7) is 5.59. The third-order valence-corrected chi connectivity index (χ3v) is 6.00. The Morgan fingerprint density at radius 1 is 1.09 bits per heavy atom. The Hall–Kier alpha value is -2.94. The van der Waals surface area contributed by atoms with Crippen LogP contribution in [0, 0.1) is 0 Å². The van der Waals surface area contributed by atoms with Crippen LogP contribution in [0.4, 0.5) is 4.79 Å². The number of hydrogen-bond acceptors (Lipinski definition) is 6. The monoisotopic (exact) mass is 454 g/mol. The van der Waals surface area contributed by atoms with E-state index in [1.54, 1.807) is 20.8 Å². The second kappa shape index (κ2) is 9.13. The molecule has 2 aromatic rings. The number of alkyl carbamates (subject to hydrolysis) is 1. The molecule has 3 atom stereocenters. The van der Waals surface area contributed by atoms with E-state index < -0.39 is 36.2 Å². The van der Waals surface area contributed by atoms with E-state index in [-0.39, 0.29) is 25.5 Å². The lowest BCUT2D eigenvalue weighted by Crippen LogP contribution is -2.46. The van der Waals surface area contributed by atoms with Crippen molar-refractivity contribution in [1.82, 2.24) is 10.2 Å². The lowest BCUT2D eigenvalue weighted by atomic mass is 9.98. The van der Waals surface area contributed by atoms with Crippen LogP contribution in [0.15, 0.2) is 48.5 Å². The highest BCUT2D eigenvalue weighted by Crippen LogP contribution is 2.44. The zero-order valence-corrected chi connectivity index (χ0v) is 19.0. The third-order valence-electron chi connectivity index (χ3n) is 6.00. The van der Waals surface area contributed by atoms with Crippen LogP contribution >= 0.6 is 0 Å². The van der Waals surface area contributed by atoms with Gasteiger partial charge in [-0.3, -0.25) is 4.79 Å². The second-order valence-electron chi connectivity index (χ2n) is 9.52. The summed E-state index contributed by atoms with van der Waals surface area (Å²) in [6, 6.07) is 14.7. The molecular weight excluding hydrogens is 424 g/mol. The lowest BCUT2D eigenvalue weighted by molar-refractivity contribution is -0.204. The van der Waals surface area contributed by atoms with E-state index in [9.17, 15) is 19.8 Å². The summed E-state index contributed by atoms with van der Waals surface area (Å²) in [4.78, 5) is 25.3. The maximum absolute atomic E-state index is 12.1. The van der Waals surface area contributed by atoms with Gasteiger partial charge in [0.15, 0.2) is 0 Å². The molecule has 8 nitrogen and oxygen atoms in total. The SMILES string of the molecule is CC(C)(C)OC(=O)N[C@@H]1C[C@@H](C(=O)O)N(C(O)OCC2c3ccccc3-c3ccccc32)C1. The fraction of sp³-hybridized carbons (Fsp3) is 0.440. The molecule has 4 rings (SSSR count). The van der Waals surface area contributed by atoms with Gasteiger partial charge < -0.3 is 25.0 Å². The van der Waals surface area contributed by atoms with Crippen molar-refractivity contribution in [3.05, 3.63) is 59.7 Å². The smallest absolute Gasteiger partial charge is 0.407 e. The number of nitrogens with one attached hydrogen (secondary N) is 1. The zero-order chi connectivity index (χ0) is 23.8. The van der Waals surface area contributed by atoms with Gasteiger partial charge in [-0.05, 0) is 49.4 Å². The highest BCUT2D eigenvalue weighted by atomic mass is 16.6. The molecule has 0 aromatic heterocycles. The van der Waals surface area contributed by atoms with Crippen molar-refractivity contribution < 1.29 is 29.3 Å². The van der Waals surface area contributed by atoms with Gasteiger partial charge in [-0.1, -0.05) is 48.5 Å². The van der Waals surface area contributed by atoms with Crippen molar-refractivity contribution in [2.45, 2.75) is 57.2 Å². The Morgan fingerprint density at radius 3 is 2.21 bits per heavy atom. The molecule has 3 N–H and O–H groups in total. The van der Waals surface area contributed by atoms with Crippen LogP contribution in [-0.4, -0.2) is 64.4 Å². The molecule has 1 aliphatic carbocycles. The summed E-state index contributed by atoms with van der Waals surface area (Å²) >= 11 is 0. The molecule has 1 unspecified atom stereocenters. The Labute approximate surface area is 193 Å². The fourth-order valence-corrected chi connectivity index (χ4v) is 4.64. The zero-order valence-electron chi connectivity index (χ0n) is 19.0. The van der Waals surface area contributed by atoms with E-state index in [1.807, 2.05) is 36.4 Å². The molecule has 1 fully saturated rings. The highest BCUT2D eigenvalue weighted by molar-refractivity contribution is 5.78. The Balaban J connectivity index is 1.43. The minimum Gasteiger partial charge on any atom is -0.480 e. The van der Waals surface area contributed by atoms with E-state index in [4.69, 9.17) is 9.47 Å². The van der Waals surface area contributed by atoms with Gasteiger partial charge in [-0.15, -0.1) is 0 Å². The molecule has 1 saturated heterocycles. The van der Waals surface area contributed by atoms with Gasteiger partial charge in [0.2, 0.25) is 6.41 Å². The summed E-state index contributed by atoms with van der Waals surface area (Å²) < 4.78 is 11.1. The first-order chi connectivity index (χ1) is 15.6. The maximum atomic E-state index is 12.1. The minimum absolute atomic E-state index is 0.0615. The molecule has 1 heterocycles. The summed E-state index contributed by atoms with van der Waals surface area (Å²) in [5.74, 6) is -1.14. The first-order valence-electron chi connectivity index (χ1n) is 11.1. The molecule has 176 valence electrons. The van der Waals surface area contributed by atoms with Crippen LogP contribution in [0.5, 0.6) is 0 Å². The number of carbonyl (C=O) groups excluding carboxylic acids is 1. The van der Waals surface area contributed by atoms with Gasteiger partial charge in [0.25, 0.3) is 0 Å². The van der Waals surface area contributed by atoms with Gasteiger partial charge in [0.1, 0.15) is 11.6 Å². The average Bonchev–Trinajstić information content (AvgIpc) is 3.30. The summed E-state index contributed by atoms with van der Waals surface area (Å²) in [6.07, 6.45) is -1.89. The summed E-state index contributed by atoms with van der Waals surface area (Å²) in [7, 11) is 0. The molecule has 2 aromatic carbocycles. The summed E-state index contributed by atoms with van der Waals surface area (Å²) in [5.41, 5.74) is 3.85. The number of fused-ring (bicyclic) bond motifs is 3. The van der Waals surface area contributed by atoms with E-state index in [0.717, 1.165) is 22.3 Å². The number of aliphatic hydroxyl groups is 1. The molecule has 0 spiro atoms. The Kier molecular flexibility index (Phi) is 6.43. The number of benzene rings is 2. The first-order valence-corrected chi connectivity index (χ1v) is 11.1. The van der Waals surface area contributed by atoms with Crippen molar-refractivity contribution in [1.29, 1.82) is 0 Å². The van der Waals surface area contributed by atoms with Gasteiger partial charge in [0.05, 0.1) is 6.61 Å². The van der Waals surface area contributed by atoms with E-state index >= 15 is 0 Å². The van der Waals surface area contributed by atoms with Gasteiger partial charge in [-0.25, -0.2) is 9.69 Å². The predicted octanol–water partition coefficient (Wildman–Crippen LogP) is 3.14. The number of ether oxygens (including phenoxy) is 2. The molecule has 1 aliphatic heterocycles. The van der Waals surface area contributed by atoms with Gasteiger partial charge >= 0.3 is 12.1 Å². The minimum atomic E-state index is -1.42. The Bertz CT molecular complexity index is 988. The van der Waals surface area contributed by atoms with Gasteiger partial charge in [0, 0.05) is 18.5 Å². The molecule has 33 heavy (non-hydrogen) atoms. The average molecular weight is 455 g/mol. The normalized spacial score (nSPS) is 21.3. The number of aliphatic hydroxyl groups excluding tert-OH is 1. The van der Waals surface area contributed by atoms with E-state index in [1.165, 1.54) is 4.90 Å². The largest absolute Gasteiger partial charge is 0.480 e. The standard InChI is InChI=1S/C25H30N2O6/c1-25(2,3)33-23(30)26-15-12-21(22(28)29)27(13-15)24(31)32-14-20-18-10-6-4-8-16(18)17-9-5-7-11-19(17)20/h4-11,15,20-21,24,31H,12-14H2,1-3H3,(H,26,30)(H,28,29)/t15-,21+,24?/m1/s1. The number of aliphatic carboxylic acids is 1. The Morgan fingerprint density at radius 2 is 1.67 bits per heavy atom. The number of likely N-dealkylation sites (tertiary alicyclic amines) is 1. The van der Waals surface area contributed by atoms with E-state index in [2.05, 4.69) is 17.4 Å². The molecular formula is C25H30N2O6. The van der Waals surface area contributed by atoms with Crippen LogP contribution in [0.25, 0.3) is 11.1 Å². The van der Waals surface area contributed by atoms with Crippen LogP contribution in [-0.2, 0) is 14.3 Å².